The molecular formula is C20H25ClN2O2. The van der Waals surface area contributed by atoms with Crippen molar-refractivity contribution >= 4 is 28.3 Å². The minimum atomic E-state index is 0.369. The molecule has 0 bridgehead atoms. The van der Waals surface area contributed by atoms with Crippen molar-refractivity contribution in [1.29, 1.82) is 0 Å². The van der Waals surface area contributed by atoms with Crippen molar-refractivity contribution in [3.05, 3.63) is 34.9 Å². The lowest BCUT2D eigenvalue weighted by Crippen LogP contribution is -2.38. The fourth-order valence-corrected chi connectivity index (χ4v) is 3.94. The van der Waals surface area contributed by atoms with Gasteiger partial charge in [0.15, 0.2) is 0 Å². The number of halogens is 1. The lowest BCUT2D eigenvalue weighted by atomic mass is 10.1. The molecule has 4 nitrogen and oxygen atoms in total. The molecule has 2 saturated heterocycles. The molecule has 3 heterocycles. The first-order valence-electron chi connectivity index (χ1n) is 9.21. The molecule has 1 atom stereocenters. The number of aryl methyl sites for hydroxylation is 1. The normalized spacial score (nSPS) is 22.0. The summed E-state index contributed by atoms with van der Waals surface area (Å²) >= 11 is 6.30. The van der Waals surface area contributed by atoms with Crippen LogP contribution in [0.3, 0.4) is 0 Å². The summed E-state index contributed by atoms with van der Waals surface area (Å²) in [5.41, 5.74) is 2.17. The number of hydrogen-bond acceptors (Lipinski definition) is 4. The summed E-state index contributed by atoms with van der Waals surface area (Å²) in [6, 6.07) is 8.16. The first kappa shape index (κ1) is 17.1. The smallest absolute Gasteiger partial charge is 0.129 e. The van der Waals surface area contributed by atoms with Crippen LogP contribution in [0.5, 0.6) is 0 Å². The van der Waals surface area contributed by atoms with E-state index in [1.165, 1.54) is 5.56 Å². The second kappa shape index (κ2) is 7.48. The molecule has 0 N–H and O–H groups in total. The Morgan fingerprint density at radius 3 is 2.80 bits per heavy atom. The van der Waals surface area contributed by atoms with Gasteiger partial charge in [-0.15, -0.1) is 0 Å². The first-order chi connectivity index (χ1) is 12.2. The molecule has 1 unspecified atom stereocenters. The average molecular weight is 361 g/mol. The van der Waals surface area contributed by atoms with E-state index in [9.17, 15) is 0 Å². The van der Waals surface area contributed by atoms with Gasteiger partial charge in [0.25, 0.3) is 0 Å². The van der Waals surface area contributed by atoms with Crippen LogP contribution in [-0.2, 0) is 9.47 Å². The Kier molecular flexibility index (Phi) is 5.11. The number of aromatic nitrogens is 1. The summed E-state index contributed by atoms with van der Waals surface area (Å²) in [4.78, 5) is 7.24. The molecule has 134 valence electrons. The van der Waals surface area contributed by atoms with Gasteiger partial charge >= 0.3 is 0 Å². The number of ether oxygens (including phenoxy) is 2. The van der Waals surface area contributed by atoms with Crippen LogP contribution in [0.1, 0.15) is 24.8 Å². The van der Waals surface area contributed by atoms with Gasteiger partial charge in [-0.1, -0.05) is 17.7 Å². The zero-order valence-corrected chi connectivity index (χ0v) is 15.5. The average Bonchev–Trinajstić information content (AvgIpc) is 3.17. The predicted octanol–water partition coefficient (Wildman–Crippen LogP) is 4.22. The van der Waals surface area contributed by atoms with Gasteiger partial charge in [-0.05, 0) is 49.9 Å². The van der Waals surface area contributed by atoms with Crippen LogP contribution in [0.15, 0.2) is 24.3 Å². The van der Waals surface area contributed by atoms with Crippen LogP contribution in [0, 0.1) is 12.8 Å². The van der Waals surface area contributed by atoms with Crippen LogP contribution in [0.4, 0.5) is 5.82 Å². The van der Waals surface area contributed by atoms with Crippen molar-refractivity contribution in [3.8, 4) is 0 Å². The molecule has 0 saturated carbocycles. The predicted molar refractivity (Wildman–Crippen MR) is 102 cm³/mol. The second-order valence-electron chi connectivity index (χ2n) is 7.18. The molecule has 2 aliphatic rings. The van der Waals surface area contributed by atoms with E-state index in [-0.39, 0.29) is 0 Å². The number of fused-ring (bicyclic) bond motifs is 1. The molecule has 2 fully saturated rings. The SMILES string of the molecule is Cc1ccc(Cl)c2ccc(N3CCC(OCC4CCOC4)CC3)nc12. The van der Waals surface area contributed by atoms with E-state index in [0.29, 0.717) is 12.0 Å². The Morgan fingerprint density at radius 2 is 2.04 bits per heavy atom. The van der Waals surface area contributed by atoms with Crippen LogP contribution in [-0.4, -0.2) is 44.0 Å². The lowest BCUT2D eigenvalue weighted by molar-refractivity contribution is 0.0131. The first-order valence-corrected chi connectivity index (χ1v) is 9.58. The monoisotopic (exact) mass is 360 g/mol. The molecule has 5 heteroatoms. The zero-order chi connectivity index (χ0) is 17.2. The van der Waals surface area contributed by atoms with Crippen molar-refractivity contribution in [2.24, 2.45) is 5.92 Å². The third kappa shape index (κ3) is 3.76. The Labute approximate surface area is 154 Å². The number of piperidine rings is 1. The second-order valence-corrected chi connectivity index (χ2v) is 7.59. The topological polar surface area (TPSA) is 34.6 Å². The number of pyridine rings is 1. The van der Waals surface area contributed by atoms with E-state index in [1.54, 1.807) is 0 Å². The minimum absolute atomic E-state index is 0.369. The van der Waals surface area contributed by atoms with Gasteiger partial charge < -0.3 is 14.4 Å². The summed E-state index contributed by atoms with van der Waals surface area (Å²) in [5, 5.41) is 1.80. The fraction of sp³-hybridized carbons (Fsp3) is 0.550. The van der Waals surface area contributed by atoms with Gasteiger partial charge in [-0.2, -0.15) is 0 Å². The van der Waals surface area contributed by atoms with Crippen molar-refractivity contribution < 1.29 is 9.47 Å². The number of benzene rings is 1. The summed E-state index contributed by atoms with van der Waals surface area (Å²) in [5.74, 6) is 1.63. The van der Waals surface area contributed by atoms with Crippen molar-refractivity contribution in [2.75, 3.05) is 37.8 Å². The van der Waals surface area contributed by atoms with Crippen molar-refractivity contribution in [1.82, 2.24) is 4.98 Å². The number of anilines is 1. The fourth-order valence-electron chi connectivity index (χ4n) is 3.72. The van der Waals surface area contributed by atoms with Gasteiger partial charge in [0, 0.05) is 36.0 Å². The highest BCUT2D eigenvalue weighted by atomic mass is 35.5. The highest BCUT2D eigenvalue weighted by Gasteiger charge is 2.23. The largest absolute Gasteiger partial charge is 0.381 e. The van der Waals surface area contributed by atoms with E-state index >= 15 is 0 Å². The summed E-state index contributed by atoms with van der Waals surface area (Å²) < 4.78 is 11.5. The van der Waals surface area contributed by atoms with Gasteiger partial charge in [0.1, 0.15) is 5.82 Å². The van der Waals surface area contributed by atoms with Crippen molar-refractivity contribution in [2.45, 2.75) is 32.3 Å². The number of rotatable bonds is 4. The van der Waals surface area contributed by atoms with Crippen LogP contribution >= 0.6 is 11.6 Å². The van der Waals surface area contributed by atoms with Gasteiger partial charge in [-0.25, -0.2) is 4.98 Å². The van der Waals surface area contributed by atoms with Crippen LogP contribution < -0.4 is 4.90 Å². The molecule has 1 aromatic carbocycles. The maximum Gasteiger partial charge on any atom is 0.129 e. The zero-order valence-electron chi connectivity index (χ0n) is 14.7. The quantitative estimate of drug-likeness (QED) is 0.817. The molecule has 25 heavy (non-hydrogen) atoms. The van der Waals surface area contributed by atoms with Crippen LogP contribution in [0.25, 0.3) is 10.9 Å². The summed E-state index contributed by atoms with van der Waals surface area (Å²) in [7, 11) is 0. The van der Waals surface area contributed by atoms with Gasteiger partial charge in [-0.3, -0.25) is 0 Å². The molecule has 1 aromatic heterocycles. The molecule has 4 rings (SSSR count). The van der Waals surface area contributed by atoms with E-state index < -0.39 is 0 Å². The highest BCUT2D eigenvalue weighted by molar-refractivity contribution is 6.35. The Hall–Kier alpha value is -1.36. The molecule has 0 aliphatic carbocycles. The van der Waals surface area contributed by atoms with Crippen molar-refractivity contribution in [3.63, 3.8) is 0 Å². The standard InChI is InChI=1S/C20H25ClN2O2/c1-14-2-4-18(21)17-3-5-19(22-20(14)17)23-9-6-16(7-10-23)25-13-15-8-11-24-12-15/h2-5,15-16H,6-13H2,1H3. The maximum absolute atomic E-state index is 6.30. The lowest BCUT2D eigenvalue weighted by Gasteiger charge is -2.33. The van der Waals surface area contributed by atoms with E-state index in [1.807, 2.05) is 12.1 Å². The summed E-state index contributed by atoms with van der Waals surface area (Å²) in [6.45, 7) is 6.66. The molecule has 2 aliphatic heterocycles. The number of nitrogens with zero attached hydrogens (tertiary/aromatic N) is 2. The summed E-state index contributed by atoms with van der Waals surface area (Å²) in [6.07, 6.45) is 3.62. The van der Waals surface area contributed by atoms with E-state index in [0.717, 1.165) is 73.9 Å². The molecule has 0 amide bonds. The molecule has 0 spiro atoms. The van der Waals surface area contributed by atoms with E-state index in [2.05, 4.69) is 24.0 Å². The molecular weight excluding hydrogens is 336 g/mol. The minimum Gasteiger partial charge on any atom is -0.381 e. The molecule has 2 aromatic rings. The molecule has 0 radical (unpaired) electrons. The third-order valence-electron chi connectivity index (χ3n) is 5.35. The highest BCUT2D eigenvalue weighted by Crippen LogP contribution is 2.28. The maximum atomic E-state index is 6.30. The Balaban J connectivity index is 1.38. The van der Waals surface area contributed by atoms with Crippen LogP contribution in [0.2, 0.25) is 5.02 Å². The number of hydrogen-bond donors (Lipinski definition) is 0. The third-order valence-corrected chi connectivity index (χ3v) is 5.68. The van der Waals surface area contributed by atoms with E-state index in [4.69, 9.17) is 26.1 Å². The Morgan fingerprint density at radius 1 is 1.20 bits per heavy atom. The Bertz CT molecular complexity index is 738. The van der Waals surface area contributed by atoms with Gasteiger partial charge in [0.2, 0.25) is 0 Å². The van der Waals surface area contributed by atoms with Gasteiger partial charge in [0.05, 0.1) is 24.8 Å².